The van der Waals surface area contributed by atoms with Crippen molar-refractivity contribution in [2.75, 3.05) is 11.9 Å². The number of nitrogens with one attached hydrogen (secondary N) is 1. The zero-order valence-electron chi connectivity index (χ0n) is 12.9. The van der Waals surface area contributed by atoms with E-state index in [1.54, 1.807) is 13.0 Å². The van der Waals surface area contributed by atoms with E-state index in [4.69, 9.17) is 4.52 Å². The minimum atomic E-state index is -0.314. The second-order valence-electron chi connectivity index (χ2n) is 5.10. The average Bonchev–Trinajstić information content (AvgIpc) is 2.89. The minimum Gasteiger partial charge on any atom is -0.360 e. The Bertz CT molecular complexity index is 652. The summed E-state index contributed by atoms with van der Waals surface area (Å²) in [6.07, 6.45) is 0. The van der Waals surface area contributed by atoms with Crippen molar-refractivity contribution in [2.45, 2.75) is 26.8 Å². The predicted octanol–water partition coefficient (Wildman–Crippen LogP) is 2.53. The van der Waals surface area contributed by atoms with Crippen LogP contribution in [0.5, 0.6) is 0 Å². The molecule has 0 aliphatic carbocycles. The molecular weight excluding hydrogens is 282 g/mol. The monoisotopic (exact) mass is 301 g/mol. The first kappa shape index (κ1) is 15.8. The van der Waals surface area contributed by atoms with Crippen molar-refractivity contribution >= 4 is 17.6 Å². The highest BCUT2D eigenvalue weighted by atomic mass is 16.5. The molecule has 0 bridgehead atoms. The van der Waals surface area contributed by atoms with E-state index in [0.717, 1.165) is 5.56 Å². The maximum Gasteiger partial charge on any atom is 0.245 e. The fourth-order valence-corrected chi connectivity index (χ4v) is 2.19. The number of carbonyl (C=O) groups is 2. The van der Waals surface area contributed by atoms with Crippen molar-refractivity contribution in [3.63, 3.8) is 0 Å². The smallest absolute Gasteiger partial charge is 0.245 e. The molecule has 0 saturated heterocycles. The van der Waals surface area contributed by atoms with Crippen LogP contribution < -0.4 is 5.32 Å². The summed E-state index contributed by atoms with van der Waals surface area (Å²) in [5, 5.41) is 6.32. The van der Waals surface area contributed by atoms with Crippen LogP contribution >= 0.6 is 0 Å². The molecule has 1 heterocycles. The quantitative estimate of drug-likeness (QED) is 0.920. The summed E-state index contributed by atoms with van der Waals surface area (Å²) in [6, 6.07) is 11.0. The van der Waals surface area contributed by atoms with E-state index in [9.17, 15) is 9.59 Å². The lowest BCUT2D eigenvalue weighted by Gasteiger charge is -2.27. The lowest BCUT2D eigenvalue weighted by Crippen LogP contribution is -2.38. The zero-order valence-corrected chi connectivity index (χ0v) is 12.9. The Morgan fingerprint density at radius 2 is 2.00 bits per heavy atom. The van der Waals surface area contributed by atoms with E-state index in [1.165, 1.54) is 11.8 Å². The fourth-order valence-electron chi connectivity index (χ4n) is 2.19. The van der Waals surface area contributed by atoms with E-state index < -0.39 is 0 Å². The zero-order chi connectivity index (χ0) is 16.1. The number of aromatic nitrogens is 1. The Morgan fingerprint density at radius 3 is 2.55 bits per heavy atom. The molecule has 6 nitrogen and oxygen atoms in total. The summed E-state index contributed by atoms with van der Waals surface area (Å²) < 4.78 is 4.89. The number of rotatable bonds is 5. The number of aryl methyl sites for hydroxylation is 1. The van der Waals surface area contributed by atoms with Crippen molar-refractivity contribution in [1.82, 2.24) is 10.1 Å². The second kappa shape index (κ2) is 6.89. The van der Waals surface area contributed by atoms with Crippen molar-refractivity contribution in [3.05, 3.63) is 47.7 Å². The van der Waals surface area contributed by atoms with Gasteiger partial charge in [0, 0.05) is 13.0 Å². The van der Waals surface area contributed by atoms with E-state index in [2.05, 4.69) is 10.5 Å². The maximum absolute atomic E-state index is 12.1. The number of carbonyl (C=O) groups excluding carboxylic acids is 2. The summed E-state index contributed by atoms with van der Waals surface area (Å²) in [5.74, 6) is 0.476. The van der Waals surface area contributed by atoms with Crippen LogP contribution in [0.4, 0.5) is 5.82 Å². The number of hydrogen-bond donors (Lipinski definition) is 1. The highest BCUT2D eigenvalue weighted by Crippen LogP contribution is 2.20. The van der Waals surface area contributed by atoms with Gasteiger partial charge in [-0.3, -0.25) is 9.59 Å². The van der Waals surface area contributed by atoms with Crippen LogP contribution in [0.2, 0.25) is 0 Å². The molecule has 0 aliphatic rings. The number of hydrogen-bond acceptors (Lipinski definition) is 4. The summed E-state index contributed by atoms with van der Waals surface area (Å²) in [7, 11) is 0. The molecule has 1 unspecified atom stereocenters. The van der Waals surface area contributed by atoms with Gasteiger partial charge >= 0.3 is 0 Å². The molecule has 0 aliphatic heterocycles. The van der Waals surface area contributed by atoms with Gasteiger partial charge in [0.05, 0.1) is 6.04 Å². The minimum absolute atomic E-state index is 0.0443. The summed E-state index contributed by atoms with van der Waals surface area (Å²) >= 11 is 0. The fraction of sp³-hybridized carbons (Fsp3) is 0.312. The molecule has 0 radical (unpaired) electrons. The molecule has 0 saturated carbocycles. The van der Waals surface area contributed by atoms with Crippen LogP contribution in [0.25, 0.3) is 0 Å². The third kappa shape index (κ3) is 3.94. The SMILES string of the molecule is CC(=O)N(CC(=O)Nc1cc(C)on1)C(C)c1ccccc1. The van der Waals surface area contributed by atoms with Gasteiger partial charge < -0.3 is 14.7 Å². The van der Waals surface area contributed by atoms with Crippen LogP contribution in [0.1, 0.15) is 31.2 Å². The molecule has 0 fully saturated rings. The van der Waals surface area contributed by atoms with Crippen LogP contribution in [0.15, 0.2) is 40.9 Å². The van der Waals surface area contributed by atoms with E-state index in [-0.39, 0.29) is 24.4 Å². The number of amides is 2. The highest BCUT2D eigenvalue weighted by molar-refractivity contribution is 5.93. The van der Waals surface area contributed by atoms with Gasteiger partial charge in [-0.2, -0.15) is 0 Å². The normalized spacial score (nSPS) is 11.8. The molecule has 22 heavy (non-hydrogen) atoms. The highest BCUT2D eigenvalue weighted by Gasteiger charge is 2.21. The molecular formula is C16H19N3O3. The van der Waals surface area contributed by atoms with Crippen LogP contribution in [0.3, 0.4) is 0 Å². The standard InChI is InChI=1S/C16H19N3O3/c1-11-9-15(18-22-11)17-16(21)10-19(13(3)20)12(2)14-7-5-4-6-8-14/h4-9,12H,10H2,1-3H3,(H,17,18,21). The Kier molecular flexibility index (Phi) is 4.93. The van der Waals surface area contributed by atoms with Gasteiger partial charge in [-0.25, -0.2) is 0 Å². The van der Waals surface area contributed by atoms with Gasteiger partial charge in [0.15, 0.2) is 5.82 Å². The van der Waals surface area contributed by atoms with E-state index in [0.29, 0.717) is 11.6 Å². The molecule has 6 heteroatoms. The third-order valence-electron chi connectivity index (χ3n) is 3.36. The van der Waals surface area contributed by atoms with Gasteiger partial charge in [-0.1, -0.05) is 35.5 Å². The molecule has 2 rings (SSSR count). The molecule has 2 amide bonds. The van der Waals surface area contributed by atoms with Gasteiger partial charge in [0.2, 0.25) is 11.8 Å². The van der Waals surface area contributed by atoms with Crippen molar-refractivity contribution in [2.24, 2.45) is 0 Å². The van der Waals surface area contributed by atoms with E-state index >= 15 is 0 Å². The molecule has 1 atom stereocenters. The first-order chi connectivity index (χ1) is 10.5. The average molecular weight is 301 g/mol. The lowest BCUT2D eigenvalue weighted by atomic mass is 10.1. The van der Waals surface area contributed by atoms with Crippen molar-refractivity contribution in [3.8, 4) is 0 Å². The molecule has 116 valence electrons. The summed E-state index contributed by atoms with van der Waals surface area (Å²) in [4.78, 5) is 25.5. The van der Waals surface area contributed by atoms with Crippen molar-refractivity contribution < 1.29 is 14.1 Å². The number of nitrogens with zero attached hydrogens (tertiary/aromatic N) is 2. The second-order valence-corrected chi connectivity index (χ2v) is 5.10. The van der Waals surface area contributed by atoms with Gasteiger partial charge in [-0.05, 0) is 19.4 Å². The van der Waals surface area contributed by atoms with Gasteiger partial charge in [0.25, 0.3) is 0 Å². The lowest BCUT2D eigenvalue weighted by molar-refractivity contribution is -0.134. The Hall–Kier alpha value is -2.63. The van der Waals surface area contributed by atoms with E-state index in [1.807, 2.05) is 37.3 Å². The Morgan fingerprint density at radius 1 is 1.32 bits per heavy atom. The first-order valence-corrected chi connectivity index (χ1v) is 7.02. The van der Waals surface area contributed by atoms with Crippen LogP contribution in [0, 0.1) is 6.92 Å². The Balaban J connectivity index is 2.05. The molecule has 1 aromatic heterocycles. The molecule has 2 aromatic rings. The van der Waals surface area contributed by atoms with Crippen LogP contribution in [-0.4, -0.2) is 28.4 Å². The van der Waals surface area contributed by atoms with Crippen LogP contribution in [-0.2, 0) is 9.59 Å². The predicted molar refractivity (Wildman–Crippen MR) is 82.1 cm³/mol. The Labute approximate surface area is 129 Å². The molecule has 1 aromatic carbocycles. The van der Waals surface area contributed by atoms with Gasteiger partial charge in [-0.15, -0.1) is 0 Å². The maximum atomic E-state index is 12.1. The number of anilines is 1. The summed E-state index contributed by atoms with van der Waals surface area (Å²) in [5.41, 5.74) is 0.975. The first-order valence-electron chi connectivity index (χ1n) is 7.02. The van der Waals surface area contributed by atoms with Gasteiger partial charge in [0.1, 0.15) is 12.3 Å². The largest absolute Gasteiger partial charge is 0.360 e. The summed E-state index contributed by atoms with van der Waals surface area (Å²) in [6.45, 7) is 5.04. The van der Waals surface area contributed by atoms with Crippen molar-refractivity contribution in [1.29, 1.82) is 0 Å². The topological polar surface area (TPSA) is 75.4 Å². The third-order valence-corrected chi connectivity index (χ3v) is 3.36. The molecule has 1 N–H and O–H groups in total. The number of benzene rings is 1. The molecule has 0 spiro atoms.